The van der Waals surface area contributed by atoms with E-state index in [-0.39, 0.29) is 18.9 Å². The minimum absolute atomic E-state index is 0.0331. The maximum absolute atomic E-state index is 11.5. The van der Waals surface area contributed by atoms with E-state index in [4.69, 9.17) is 9.84 Å². The van der Waals surface area contributed by atoms with Crippen molar-refractivity contribution < 1.29 is 24.2 Å². The number of hydrogen-bond acceptors (Lipinski definition) is 4. The number of amides is 1. The number of hydrogen-bond donors (Lipinski definition) is 2. The number of aliphatic carboxylic acids is 1. The summed E-state index contributed by atoms with van der Waals surface area (Å²) < 4.78 is 5.01. The first-order valence-corrected chi connectivity index (χ1v) is 6.62. The van der Waals surface area contributed by atoms with E-state index in [1.165, 1.54) is 0 Å². The van der Waals surface area contributed by atoms with Crippen LogP contribution < -0.4 is 5.32 Å². The van der Waals surface area contributed by atoms with Gasteiger partial charge in [0.25, 0.3) is 0 Å². The van der Waals surface area contributed by atoms with Gasteiger partial charge in [0.2, 0.25) is 5.91 Å². The summed E-state index contributed by atoms with van der Waals surface area (Å²) in [5.74, 6) is -1.94. The third kappa shape index (κ3) is 8.18. The van der Waals surface area contributed by atoms with Crippen molar-refractivity contribution in [3.8, 4) is 0 Å². The van der Waals surface area contributed by atoms with Crippen LogP contribution in [0.15, 0.2) is 0 Å². The van der Waals surface area contributed by atoms with Crippen molar-refractivity contribution in [3.63, 3.8) is 0 Å². The fraction of sp³-hybridized carbons (Fsp3) is 0.769. The Bertz CT molecular complexity index is 316. The van der Waals surface area contributed by atoms with E-state index in [0.29, 0.717) is 12.8 Å². The molecule has 1 unspecified atom stereocenters. The van der Waals surface area contributed by atoms with Crippen LogP contribution in [0.2, 0.25) is 0 Å². The Morgan fingerprint density at radius 1 is 1.21 bits per heavy atom. The van der Waals surface area contributed by atoms with Crippen molar-refractivity contribution in [1.82, 2.24) is 5.32 Å². The van der Waals surface area contributed by atoms with E-state index >= 15 is 0 Å². The van der Waals surface area contributed by atoms with Crippen LogP contribution in [0.3, 0.4) is 0 Å². The summed E-state index contributed by atoms with van der Waals surface area (Å²) in [7, 11) is 0. The van der Waals surface area contributed by atoms with Gasteiger partial charge < -0.3 is 15.2 Å². The van der Waals surface area contributed by atoms with Crippen LogP contribution in [0, 0.1) is 0 Å². The highest BCUT2D eigenvalue weighted by molar-refractivity contribution is 5.85. The molecule has 6 heteroatoms. The van der Waals surface area contributed by atoms with Crippen LogP contribution in [0.5, 0.6) is 0 Å². The van der Waals surface area contributed by atoms with Crippen molar-refractivity contribution in [2.24, 2.45) is 0 Å². The molecule has 0 saturated carbocycles. The molecule has 0 aromatic heterocycles. The van der Waals surface area contributed by atoms with Crippen LogP contribution in [0.25, 0.3) is 0 Å². The number of esters is 1. The van der Waals surface area contributed by atoms with Gasteiger partial charge in [-0.05, 0) is 19.8 Å². The summed E-state index contributed by atoms with van der Waals surface area (Å²) >= 11 is 0. The first kappa shape index (κ1) is 17.4. The first-order valence-electron chi connectivity index (χ1n) is 6.62. The summed E-state index contributed by atoms with van der Waals surface area (Å²) in [6, 6.07) is -0.886. The largest absolute Gasteiger partial charge is 0.480 e. The number of carbonyl (C=O) groups is 3. The Hall–Kier alpha value is -1.59. The Kier molecular flexibility index (Phi) is 8.57. The maximum atomic E-state index is 11.5. The molecule has 0 fully saturated rings. The number of ether oxygens (including phenoxy) is 1. The highest BCUT2D eigenvalue weighted by Crippen LogP contribution is 2.02. The van der Waals surface area contributed by atoms with Gasteiger partial charge in [-0.25, -0.2) is 4.79 Å². The molecule has 0 saturated heterocycles. The molecule has 0 aliphatic heterocycles. The van der Waals surface area contributed by atoms with Crippen molar-refractivity contribution >= 4 is 17.8 Å². The molecule has 0 rings (SSSR count). The molecule has 0 radical (unpaired) electrons. The topological polar surface area (TPSA) is 92.7 Å². The summed E-state index contributed by atoms with van der Waals surface area (Å²) in [6.07, 6.45) is 1.50. The fourth-order valence-corrected chi connectivity index (χ4v) is 1.39. The molecule has 110 valence electrons. The van der Waals surface area contributed by atoms with E-state index in [9.17, 15) is 14.4 Å². The van der Waals surface area contributed by atoms with Crippen LogP contribution in [0.4, 0.5) is 0 Å². The standard InChI is InChI=1S/C13H23NO5/c1-4-6-10(13(17)18)14-11(15)7-8-12(16)19-9(3)5-2/h9-10H,4-8H2,1-3H3,(H,14,15)(H,17,18)/t9?,10-/m0/s1. The van der Waals surface area contributed by atoms with Gasteiger partial charge in [0.05, 0.1) is 12.5 Å². The van der Waals surface area contributed by atoms with Gasteiger partial charge >= 0.3 is 11.9 Å². The Labute approximate surface area is 113 Å². The van der Waals surface area contributed by atoms with Gasteiger partial charge in [-0.2, -0.15) is 0 Å². The van der Waals surface area contributed by atoms with Crippen molar-refractivity contribution in [1.29, 1.82) is 0 Å². The van der Waals surface area contributed by atoms with Crippen molar-refractivity contribution in [2.75, 3.05) is 0 Å². The van der Waals surface area contributed by atoms with Gasteiger partial charge in [-0.1, -0.05) is 20.3 Å². The molecule has 6 nitrogen and oxygen atoms in total. The SMILES string of the molecule is CCC[C@H](NC(=O)CCC(=O)OC(C)CC)C(=O)O. The quantitative estimate of drug-likeness (QED) is 0.621. The lowest BCUT2D eigenvalue weighted by Gasteiger charge is -2.14. The molecule has 0 aliphatic rings. The highest BCUT2D eigenvalue weighted by Gasteiger charge is 2.19. The van der Waals surface area contributed by atoms with Crippen LogP contribution >= 0.6 is 0 Å². The van der Waals surface area contributed by atoms with E-state index in [1.54, 1.807) is 6.92 Å². The molecular formula is C13H23NO5. The molecule has 0 aliphatic carbocycles. The van der Waals surface area contributed by atoms with Gasteiger partial charge in [0, 0.05) is 6.42 Å². The lowest BCUT2D eigenvalue weighted by atomic mass is 10.1. The number of carboxylic acid groups (broad SMARTS) is 1. The Morgan fingerprint density at radius 2 is 1.84 bits per heavy atom. The second kappa shape index (κ2) is 9.35. The van der Waals surface area contributed by atoms with Crippen LogP contribution in [-0.4, -0.2) is 35.1 Å². The van der Waals surface area contributed by atoms with E-state index in [1.807, 2.05) is 13.8 Å². The summed E-state index contributed by atoms with van der Waals surface area (Å²) in [5, 5.41) is 11.3. The zero-order chi connectivity index (χ0) is 14.8. The third-order valence-corrected chi connectivity index (χ3v) is 2.67. The predicted octanol–water partition coefficient (Wildman–Crippen LogP) is 1.48. The minimum atomic E-state index is -1.06. The minimum Gasteiger partial charge on any atom is -0.480 e. The second-order valence-corrected chi connectivity index (χ2v) is 4.46. The van der Waals surface area contributed by atoms with E-state index in [0.717, 1.165) is 6.42 Å². The normalized spacial score (nSPS) is 13.4. The monoisotopic (exact) mass is 273 g/mol. The Balaban J connectivity index is 4.03. The van der Waals surface area contributed by atoms with Gasteiger partial charge in [0.15, 0.2) is 0 Å². The molecule has 0 heterocycles. The first-order chi connectivity index (χ1) is 8.90. The Morgan fingerprint density at radius 3 is 2.32 bits per heavy atom. The second-order valence-electron chi connectivity index (χ2n) is 4.46. The van der Waals surface area contributed by atoms with Crippen molar-refractivity contribution in [2.45, 2.75) is 65.0 Å². The molecule has 0 spiro atoms. The fourth-order valence-electron chi connectivity index (χ4n) is 1.39. The highest BCUT2D eigenvalue weighted by atomic mass is 16.5. The lowest BCUT2D eigenvalue weighted by molar-refractivity contribution is -0.149. The third-order valence-electron chi connectivity index (χ3n) is 2.67. The molecule has 0 bridgehead atoms. The predicted molar refractivity (Wildman–Crippen MR) is 69.6 cm³/mol. The lowest BCUT2D eigenvalue weighted by Crippen LogP contribution is -2.40. The number of rotatable bonds is 9. The number of carbonyl (C=O) groups excluding carboxylic acids is 2. The van der Waals surface area contributed by atoms with Gasteiger partial charge in [-0.3, -0.25) is 9.59 Å². The zero-order valence-corrected chi connectivity index (χ0v) is 11.8. The molecule has 19 heavy (non-hydrogen) atoms. The van der Waals surface area contributed by atoms with Crippen molar-refractivity contribution in [3.05, 3.63) is 0 Å². The summed E-state index contributed by atoms with van der Waals surface area (Å²) in [4.78, 5) is 33.7. The number of nitrogens with one attached hydrogen (secondary N) is 1. The molecule has 1 amide bonds. The van der Waals surface area contributed by atoms with Crippen LogP contribution in [0.1, 0.15) is 52.9 Å². The summed E-state index contributed by atoms with van der Waals surface area (Å²) in [6.45, 7) is 5.51. The smallest absolute Gasteiger partial charge is 0.326 e. The molecule has 2 N–H and O–H groups in total. The molecule has 2 atom stereocenters. The average Bonchev–Trinajstić information content (AvgIpc) is 2.35. The summed E-state index contributed by atoms with van der Waals surface area (Å²) in [5.41, 5.74) is 0. The molecular weight excluding hydrogens is 250 g/mol. The molecule has 0 aromatic carbocycles. The maximum Gasteiger partial charge on any atom is 0.326 e. The van der Waals surface area contributed by atoms with Crippen LogP contribution in [-0.2, 0) is 19.1 Å². The number of carboxylic acids is 1. The van der Waals surface area contributed by atoms with E-state index < -0.39 is 23.9 Å². The zero-order valence-electron chi connectivity index (χ0n) is 11.8. The molecule has 0 aromatic rings. The van der Waals surface area contributed by atoms with E-state index in [2.05, 4.69) is 5.32 Å². The average molecular weight is 273 g/mol. The van der Waals surface area contributed by atoms with Gasteiger partial charge in [0.1, 0.15) is 6.04 Å². The van der Waals surface area contributed by atoms with Gasteiger partial charge in [-0.15, -0.1) is 0 Å².